The highest BCUT2D eigenvalue weighted by atomic mass is 16.4. The fourth-order valence-corrected chi connectivity index (χ4v) is 2.10. The van der Waals surface area contributed by atoms with E-state index in [1.54, 1.807) is 0 Å². The Morgan fingerprint density at radius 2 is 1.88 bits per heavy atom. The molecule has 2 N–H and O–H groups in total. The van der Waals surface area contributed by atoms with Crippen LogP contribution in [0, 0.1) is 0 Å². The van der Waals surface area contributed by atoms with Gasteiger partial charge in [-0.3, -0.25) is 9.69 Å². The lowest BCUT2D eigenvalue weighted by Crippen LogP contribution is -2.52. The number of hydrogen-bond acceptors (Lipinski definition) is 4. The molecule has 5 heteroatoms. The lowest BCUT2D eigenvalue weighted by molar-refractivity contribution is -0.144. The van der Waals surface area contributed by atoms with E-state index in [-0.39, 0.29) is 6.04 Å². The fourth-order valence-electron chi connectivity index (χ4n) is 2.10. The molecule has 1 aliphatic rings. The summed E-state index contributed by atoms with van der Waals surface area (Å²) in [4.78, 5) is 15.6. The summed E-state index contributed by atoms with van der Waals surface area (Å²) in [6.07, 6.45) is 0.678. The van der Waals surface area contributed by atoms with E-state index in [0.717, 1.165) is 32.7 Å². The van der Waals surface area contributed by atoms with Crippen LogP contribution in [0.2, 0.25) is 0 Å². The van der Waals surface area contributed by atoms with Crippen LogP contribution in [0.15, 0.2) is 0 Å². The number of nitrogens with one attached hydrogen (secondary N) is 1. The Kier molecular flexibility index (Phi) is 5.88. The second-order valence-electron chi connectivity index (χ2n) is 5.09. The first kappa shape index (κ1) is 14.4. The highest BCUT2D eigenvalue weighted by Gasteiger charge is 2.27. The Morgan fingerprint density at radius 1 is 1.29 bits per heavy atom. The molecular weight excluding hydrogens is 218 g/mol. The number of nitrogens with zero attached hydrogens (tertiary/aromatic N) is 2. The maximum absolute atomic E-state index is 11.3. The van der Waals surface area contributed by atoms with Crippen LogP contribution in [0.3, 0.4) is 0 Å². The molecule has 17 heavy (non-hydrogen) atoms. The summed E-state index contributed by atoms with van der Waals surface area (Å²) >= 11 is 0. The summed E-state index contributed by atoms with van der Waals surface area (Å²) in [5.41, 5.74) is 0. The van der Waals surface area contributed by atoms with Crippen LogP contribution >= 0.6 is 0 Å². The van der Waals surface area contributed by atoms with Gasteiger partial charge in [-0.05, 0) is 20.0 Å². The average Bonchev–Trinajstić information content (AvgIpc) is 2.25. The zero-order chi connectivity index (χ0) is 12.8. The second-order valence-corrected chi connectivity index (χ2v) is 5.09. The number of hydrogen-bond donors (Lipinski definition) is 2. The first-order valence-corrected chi connectivity index (χ1v) is 6.39. The molecule has 1 aliphatic heterocycles. The molecule has 0 aromatic rings. The molecular formula is C12H25N3O2. The van der Waals surface area contributed by atoms with Crippen molar-refractivity contribution in [2.75, 3.05) is 39.8 Å². The average molecular weight is 243 g/mol. The van der Waals surface area contributed by atoms with E-state index >= 15 is 0 Å². The monoisotopic (exact) mass is 243 g/mol. The molecule has 0 radical (unpaired) electrons. The molecule has 5 nitrogen and oxygen atoms in total. The smallest absolute Gasteiger partial charge is 0.320 e. The number of aliphatic carboxylic acids is 1. The number of carboxylic acid groups (broad SMARTS) is 1. The molecule has 1 rings (SSSR count). The Bertz CT molecular complexity index is 238. The Balaban J connectivity index is 2.40. The van der Waals surface area contributed by atoms with Gasteiger partial charge in [0, 0.05) is 32.2 Å². The molecule has 0 aromatic heterocycles. The zero-order valence-corrected chi connectivity index (χ0v) is 11.1. The van der Waals surface area contributed by atoms with E-state index in [2.05, 4.69) is 36.0 Å². The number of likely N-dealkylation sites (N-methyl/N-ethyl adjacent to an activating group) is 1. The van der Waals surface area contributed by atoms with Crippen molar-refractivity contribution in [2.24, 2.45) is 0 Å². The SMILES string of the molecule is CC(C)NCCC(C(=O)O)N1CCN(C)CC1. The first-order chi connectivity index (χ1) is 8.00. The van der Waals surface area contributed by atoms with Crippen LogP contribution in [0.5, 0.6) is 0 Å². The molecule has 1 saturated heterocycles. The lowest BCUT2D eigenvalue weighted by atomic mass is 10.1. The lowest BCUT2D eigenvalue weighted by Gasteiger charge is -2.36. The maximum atomic E-state index is 11.3. The van der Waals surface area contributed by atoms with Gasteiger partial charge in [0.05, 0.1) is 0 Å². The summed E-state index contributed by atoms with van der Waals surface area (Å²) in [5.74, 6) is -0.694. The minimum Gasteiger partial charge on any atom is -0.480 e. The molecule has 100 valence electrons. The molecule has 1 fully saturated rings. The van der Waals surface area contributed by atoms with E-state index in [9.17, 15) is 9.90 Å². The Hall–Kier alpha value is -0.650. The summed E-state index contributed by atoms with van der Waals surface area (Å²) in [7, 11) is 2.08. The van der Waals surface area contributed by atoms with Crippen LogP contribution < -0.4 is 5.32 Å². The quantitative estimate of drug-likeness (QED) is 0.692. The van der Waals surface area contributed by atoms with Gasteiger partial charge in [-0.1, -0.05) is 13.8 Å². The molecule has 0 amide bonds. The van der Waals surface area contributed by atoms with Crippen LogP contribution in [0.1, 0.15) is 20.3 Å². The Morgan fingerprint density at radius 3 is 2.35 bits per heavy atom. The molecule has 0 saturated carbocycles. The van der Waals surface area contributed by atoms with Crippen molar-refractivity contribution < 1.29 is 9.90 Å². The minimum atomic E-state index is -0.694. The van der Waals surface area contributed by atoms with Crippen molar-refractivity contribution in [3.05, 3.63) is 0 Å². The van der Waals surface area contributed by atoms with Crippen LogP contribution in [0.4, 0.5) is 0 Å². The summed E-state index contributed by atoms with van der Waals surface area (Å²) < 4.78 is 0. The van der Waals surface area contributed by atoms with Crippen molar-refractivity contribution in [3.63, 3.8) is 0 Å². The van der Waals surface area contributed by atoms with E-state index in [1.807, 2.05) is 0 Å². The van der Waals surface area contributed by atoms with Gasteiger partial charge in [0.2, 0.25) is 0 Å². The Labute approximate surface area is 104 Å². The van der Waals surface area contributed by atoms with Gasteiger partial charge in [-0.15, -0.1) is 0 Å². The van der Waals surface area contributed by atoms with Crippen molar-refractivity contribution in [2.45, 2.75) is 32.4 Å². The van der Waals surface area contributed by atoms with Gasteiger partial charge in [-0.25, -0.2) is 0 Å². The maximum Gasteiger partial charge on any atom is 0.320 e. The standard InChI is InChI=1S/C12H25N3O2/c1-10(2)13-5-4-11(12(16)17)15-8-6-14(3)7-9-15/h10-11,13H,4-9H2,1-3H3,(H,16,17). The van der Waals surface area contributed by atoms with Crippen LogP contribution in [0.25, 0.3) is 0 Å². The van der Waals surface area contributed by atoms with Gasteiger partial charge in [-0.2, -0.15) is 0 Å². The van der Waals surface area contributed by atoms with Gasteiger partial charge >= 0.3 is 5.97 Å². The van der Waals surface area contributed by atoms with Gasteiger partial charge in [0.1, 0.15) is 6.04 Å². The number of carboxylic acids is 1. The predicted molar refractivity (Wildman–Crippen MR) is 68.2 cm³/mol. The second kappa shape index (κ2) is 6.93. The third kappa shape index (κ3) is 5.02. The first-order valence-electron chi connectivity index (χ1n) is 6.39. The molecule has 1 atom stereocenters. The fraction of sp³-hybridized carbons (Fsp3) is 0.917. The van der Waals surface area contributed by atoms with Gasteiger partial charge in [0.25, 0.3) is 0 Å². The topological polar surface area (TPSA) is 55.8 Å². The molecule has 0 bridgehead atoms. The minimum absolute atomic E-state index is 0.338. The summed E-state index contributed by atoms with van der Waals surface area (Å²) in [6, 6.07) is 0.0758. The van der Waals surface area contributed by atoms with E-state index in [0.29, 0.717) is 12.5 Å². The predicted octanol–water partition coefficient (Wildman–Crippen LogP) is 0.0751. The summed E-state index contributed by atoms with van der Waals surface area (Å²) in [6.45, 7) is 8.55. The largest absolute Gasteiger partial charge is 0.480 e. The van der Waals surface area contributed by atoms with Gasteiger partial charge < -0.3 is 15.3 Å². The van der Waals surface area contributed by atoms with E-state index in [1.165, 1.54) is 0 Å². The van der Waals surface area contributed by atoms with Crippen molar-refractivity contribution in [1.29, 1.82) is 0 Å². The molecule has 0 spiro atoms. The number of piperazine rings is 1. The van der Waals surface area contributed by atoms with Crippen molar-refractivity contribution >= 4 is 5.97 Å². The molecule has 1 unspecified atom stereocenters. The number of carbonyl (C=O) groups is 1. The van der Waals surface area contributed by atoms with Crippen LogP contribution in [-0.2, 0) is 4.79 Å². The molecule has 0 aliphatic carbocycles. The third-order valence-corrected chi connectivity index (χ3v) is 3.23. The highest BCUT2D eigenvalue weighted by Crippen LogP contribution is 2.08. The number of rotatable bonds is 6. The molecule has 0 aromatic carbocycles. The molecule has 1 heterocycles. The summed E-state index contributed by atoms with van der Waals surface area (Å²) in [5, 5.41) is 12.6. The van der Waals surface area contributed by atoms with Gasteiger partial charge in [0.15, 0.2) is 0 Å². The van der Waals surface area contributed by atoms with Crippen molar-refractivity contribution in [1.82, 2.24) is 15.1 Å². The normalized spacial score (nSPS) is 20.7. The highest BCUT2D eigenvalue weighted by molar-refractivity contribution is 5.73. The van der Waals surface area contributed by atoms with Crippen LogP contribution in [-0.4, -0.2) is 72.7 Å². The van der Waals surface area contributed by atoms with E-state index in [4.69, 9.17) is 0 Å². The van der Waals surface area contributed by atoms with E-state index < -0.39 is 5.97 Å². The van der Waals surface area contributed by atoms with Crippen molar-refractivity contribution in [3.8, 4) is 0 Å². The zero-order valence-electron chi connectivity index (χ0n) is 11.1. The third-order valence-electron chi connectivity index (χ3n) is 3.23.